The van der Waals surface area contributed by atoms with Gasteiger partial charge in [-0.15, -0.1) is 0 Å². The fourth-order valence-corrected chi connectivity index (χ4v) is 2.78. The van der Waals surface area contributed by atoms with Crippen molar-refractivity contribution in [1.82, 2.24) is 9.55 Å². The molecule has 2 heterocycles. The molecule has 1 aliphatic rings. The molecule has 0 fully saturated rings. The number of fused-ring (bicyclic) bond motifs is 1. The second kappa shape index (κ2) is 4.23. The Bertz CT molecular complexity index is 586. The van der Waals surface area contributed by atoms with E-state index in [-0.39, 0.29) is 5.82 Å². The molecule has 1 aliphatic heterocycles. The van der Waals surface area contributed by atoms with Crippen molar-refractivity contribution in [2.75, 3.05) is 0 Å². The molecule has 1 unspecified atom stereocenters. The van der Waals surface area contributed by atoms with Crippen molar-refractivity contribution in [2.24, 2.45) is 5.92 Å². The average molecular weight is 244 g/mol. The van der Waals surface area contributed by atoms with Crippen molar-refractivity contribution < 1.29 is 4.39 Å². The summed E-state index contributed by atoms with van der Waals surface area (Å²) in [6.07, 6.45) is 2.14. The van der Waals surface area contributed by atoms with Crippen LogP contribution in [0.25, 0.3) is 11.3 Å². The highest BCUT2D eigenvalue weighted by Gasteiger charge is 2.23. The monoisotopic (exact) mass is 244 g/mol. The van der Waals surface area contributed by atoms with Crippen molar-refractivity contribution in [3.8, 4) is 11.3 Å². The highest BCUT2D eigenvalue weighted by Crippen LogP contribution is 2.31. The number of aromatic nitrogens is 2. The summed E-state index contributed by atoms with van der Waals surface area (Å²) in [7, 11) is 0. The Balaban J connectivity index is 2.16. The quantitative estimate of drug-likeness (QED) is 0.749. The van der Waals surface area contributed by atoms with Crippen LogP contribution in [0.2, 0.25) is 0 Å². The van der Waals surface area contributed by atoms with Crippen LogP contribution in [0.1, 0.15) is 24.9 Å². The Labute approximate surface area is 106 Å². The van der Waals surface area contributed by atoms with E-state index in [9.17, 15) is 4.39 Å². The molecule has 0 saturated heterocycles. The highest BCUT2D eigenvalue weighted by molar-refractivity contribution is 5.63. The highest BCUT2D eigenvalue weighted by atomic mass is 19.1. The van der Waals surface area contributed by atoms with Gasteiger partial charge in [0.15, 0.2) is 0 Å². The van der Waals surface area contributed by atoms with E-state index in [0.717, 1.165) is 36.6 Å². The Hall–Kier alpha value is -1.64. The standard InChI is InChI=1S/C15H17FN2/c1-10-7-8-18-14(9-10)17-11(2)15(18)12-5-3-4-6-13(12)16/h3-6,10H,7-9H2,1-2H3. The molecule has 0 aliphatic carbocycles. The maximum absolute atomic E-state index is 13.9. The SMILES string of the molecule is Cc1nc2n(c1-c1ccccc1F)CCC(C)C2. The van der Waals surface area contributed by atoms with Gasteiger partial charge in [-0.1, -0.05) is 19.1 Å². The average Bonchev–Trinajstić information content (AvgIpc) is 2.65. The molecule has 1 aromatic carbocycles. The molecule has 0 amide bonds. The minimum absolute atomic E-state index is 0.165. The van der Waals surface area contributed by atoms with Crippen LogP contribution in [-0.2, 0) is 13.0 Å². The van der Waals surface area contributed by atoms with Gasteiger partial charge in [-0.3, -0.25) is 0 Å². The number of hydrogen-bond acceptors (Lipinski definition) is 1. The molecule has 3 rings (SSSR count). The van der Waals surface area contributed by atoms with E-state index in [1.165, 1.54) is 6.07 Å². The number of benzene rings is 1. The summed E-state index contributed by atoms with van der Waals surface area (Å²) in [5.41, 5.74) is 2.56. The zero-order valence-corrected chi connectivity index (χ0v) is 10.8. The van der Waals surface area contributed by atoms with Gasteiger partial charge in [0, 0.05) is 18.5 Å². The molecule has 0 bridgehead atoms. The van der Waals surface area contributed by atoms with E-state index in [2.05, 4.69) is 16.5 Å². The third kappa shape index (κ3) is 1.74. The predicted molar refractivity (Wildman–Crippen MR) is 69.8 cm³/mol. The largest absolute Gasteiger partial charge is 0.328 e. The van der Waals surface area contributed by atoms with E-state index in [1.807, 2.05) is 19.1 Å². The molecule has 0 N–H and O–H groups in total. The summed E-state index contributed by atoms with van der Waals surface area (Å²) in [5, 5.41) is 0. The third-order valence-electron chi connectivity index (χ3n) is 3.73. The van der Waals surface area contributed by atoms with Crippen molar-refractivity contribution >= 4 is 0 Å². The van der Waals surface area contributed by atoms with Crippen molar-refractivity contribution in [2.45, 2.75) is 33.2 Å². The molecule has 18 heavy (non-hydrogen) atoms. The van der Waals surface area contributed by atoms with Crippen molar-refractivity contribution in [1.29, 1.82) is 0 Å². The summed E-state index contributed by atoms with van der Waals surface area (Å²) in [6.45, 7) is 5.16. The van der Waals surface area contributed by atoms with Crippen LogP contribution in [0.5, 0.6) is 0 Å². The second-order valence-electron chi connectivity index (χ2n) is 5.19. The number of halogens is 1. The van der Waals surface area contributed by atoms with Crippen LogP contribution in [0.15, 0.2) is 24.3 Å². The van der Waals surface area contributed by atoms with Crippen LogP contribution >= 0.6 is 0 Å². The summed E-state index contributed by atoms with van der Waals surface area (Å²) >= 11 is 0. The summed E-state index contributed by atoms with van der Waals surface area (Å²) in [6, 6.07) is 6.96. The first kappa shape index (κ1) is 11.5. The minimum atomic E-state index is -0.165. The van der Waals surface area contributed by atoms with Crippen LogP contribution in [0.4, 0.5) is 4.39 Å². The maximum Gasteiger partial charge on any atom is 0.132 e. The van der Waals surface area contributed by atoms with Gasteiger partial charge in [-0.25, -0.2) is 9.37 Å². The number of nitrogens with zero attached hydrogens (tertiary/aromatic N) is 2. The Morgan fingerprint density at radius 2 is 2.11 bits per heavy atom. The van der Waals surface area contributed by atoms with E-state index in [0.29, 0.717) is 11.5 Å². The van der Waals surface area contributed by atoms with Crippen LogP contribution in [0, 0.1) is 18.7 Å². The Morgan fingerprint density at radius 1 is 1.33 bits per heavy atom. The molecule has 1 atom stereocenters. The van der Waals surface area contributed by atoms with E-state index >= 15 is 0 Å². The molecule has 94 valence electrons. The lowest BCUT2D eigenvalue weighted by atomic mass is 10.00. The van der Waals surface area contributed by atoms with Gasteiger partial charge in [0.2, 0.25) is 0 Å². The molecule has 0 saturated carbocycles. The Kier molecular flexibility index (Phi) is 2.69. The minimum Gasteiger partial charge on any atom is -0.328 e. The maximum atomic E-state index is 13.9. The van der Waals surface area contributed by atoms with Gasteiger partial charge in [0.1, 0.15) is 11.6 Å². The molecule has 0 radical (unpaired) electrons. The van der Waals surface area contributed by atoms with Gasteiger partial charge < -0.3 is 4.57 Å². The summed E-state index contributed by atoms with van der Waals surface area (Å²) < 4.78 is 16.1. The number of hydrogen-bond donors (Lipinski definition) is 0. The second-order valence-corrected chi connectivity index (χ2v) is 5.19. The molecule has 2 aromatic rings. The van der Waals surface area contributed by atoms with E-state index in [1.54, 1.807) is 6.07 Å². The van der Waals surface area contributed by atoms with Gasteiger partial charge in [0.05, 0.1) is 11.4 Å². The lowest BCUT2D eigenvalue weighted by molar-refractivity contribution is 0.411. The van der Waals surface area contributed by atoms with Crippen LogP contribution in [-0.4, -0.2) is 9.55 Å². The van der Waals surface area contributed by atoms with E-state index < -0.39 is 0 Å². The van der Waals surface area contributed by atoms with Gasteiger partial charge in [-0.2, -0.15) is 0 Å². The molecular formula is C15H17FN2. The smallest absolute Gasteiger partial charge is 0.132 e. The normalized spacial score (nSPS) is 18.7. The lowest BCUT2D eigenvalue weighted by Gasteiger charge is -2.21. The van der Waals surface area contributed by atoms with Crippen LogP contribution in [0.3, 0.4) is 0 Å². The number of rotatable bonds is 1. The third-order valence-corrected chi connectivity index (χ3v) is 3.73. The molecule has 2 nitrogen and oxygen atoms in total. The van der Waals surface area contributed by atoms with Gasteiger partial charge >= 0.3 is 0 Å². The first-order chi connectivity index (χ1) is 8.66. The Morgan fingerprint density at radius 3 is 2.89 bits per heavy atom. The number of imidazole rings is 1. The fourth-order valence-electron chi connectivity index (χ4n) is 2.78. The zero-order chi connectivity index (χ0) is 12.7. The lowest BCUT2D eigenvalue weighted by Crippen LogP contribution is -2.18. The van der Waals surface area contributed by atoms with Crippen molar-refractivity contribution in [3.63, 3.8) is 0 Å². The predicted octanol–water partition coefficient (Wildman–Crippen LogP) is 3.58. The number of aryl methyl sites for hydroxylation is 1. The first-order valence-electron chi connectivity index (χ1n) is 6.47. The summed E-state index contributed by atoms with van der Waals surface area (Å²) in [4.78, 5) is 4.62. The summed E-state index contributed by atoms with van der Waals surface area (Å²) in [5.74, 6) is 1.61. The molecule has 1 aromatic heterocycles. The zero-order valence-electron chi connectivity index (χ0n) is 10.8. The van der Waals surface area contributed by atoms with E-state index in [4.69, 9.17) is 0 Å². The molecular weight excluding hydrogens is 227 g/mol. The molecule has 3 heteroatoms. The molecule has 0 spiro atoms. The topological polar surface area (TPSA) is 17.8 Å². The van der Waals surface area contributed by atoms with Crippen molar-refractivity contribution in [3.05, 3.63) is 41.6 Å². The first-order valence-corrected chi connectivity index (χ1v) is 6.47. The van der Waals surface area contributed by atoms with Gasteiger partial charge in [-0.05, 0) is 31.4 Å². The van der Waals surface area contributed by atoms with Gasteiger partial charge in [0.25, 0.3) is 0 Å². The fraction of sp³-hybridized carbons (Fsp3) is 0.400. The van der Waals surface area contributed by atoms with Crippen LogP contribution < -0.4 is 0 Å².